The highest BCUT2D eigenvalue weighted by molar-refractivity contribution is 5.86. The molecule has 5 heteroatoms. The van der Waals surface area contributed by atoms with E-state index in [1.165, 1.54) is 12.3 Å². The molecule has 0 bridgehead atoms. The molecule has 3 aromatic rings. The molecule has 0 spiro atoms. The predicted octanol–water partition coefficient (Wildman–Crippen LogP) is 4.05. The van der Waals surface area contributed by atoms with Gasteiger partial charge in [0.15, 0.2) is 5.75 Å². The van der Waals surface area contributed by atoms with Crippen LogP contribution in [-0.2, 0) is 0 Å². The van der Waals surface area contributed by atoms with Crippen LogP contribution < -0.4 is 5.43 Å². The van der Waals surface area contributed by atoms with E-state index in [9.17, 15) is 15.0 Å². The van der Waals surface area contributed by atoms with Crippen LogP contribution >= 0.6 is 0 Å². The molecule has 0 amide bonds. The van der Waals surface area contributed by atoms with Gasteiger partial charge in [-0.1, -0.05) is 36.1 Å². The van der Waals surface area contributed by atoms with Crippen LogP contribution in [0.15, 0.2) is 65.7 Å². The Bertz CT molecular complexity index is 1300. The minimum Gasteiger partial charge on any atom is -0.503 e. The molecule has 2 atom stereocenters. The molecule has 2 N–H and O–H groups in total. The number of aromatic nitrogens is 2. The lowest BCUT2D eigenvalue weighted by Gasteiger charge is -2.19. The monoisotopic (exact) mass is 398 g/mol. The van der Waals surface area contributed by atoms with E-state index in [1.807, 2.05) is 43.4 Å². The highest BCUT2D eigenvalue weighted by Crippen LogP contribution is 2.30. The molecule has 150 valence electrons. The summed E-state index contributed by atoms with van der Waals surface area (Å²) in [6.45, 7) is 3.62. The van der Waals surface area contributed by atoms with Gasteiger partial charge in [0.05, 0.1) is 29.4 Å². The number of nitrogens with zero attached hydrogens (tertiary/aromatic N) is 2. The van der Waals surface area contributed by atoms with Crippen molar-refractivity contribution in [3.05, 3.63) is 88.0 Å². The van der Waals surface area contributed by atoms with Gasteiger partial charge in [-0.05, 0) is 43.2 Å². The molecule has 0 radical (unpaired) electrons. The van der Waals surface area contributed by atoms with E-state index < -0.39 is 11.5 Å². The molecule has 2 aromatic heterocycles. The van der Waals surface area contributed by atoms with Crippen LogP contribution in [0.1, 0.15) is 42.2 Å². The first kappa shape index (κ1) is 19.7. The van der Waals surface area contributed by atoms with Crippen molar-refractivity contribution in [2.45, 2.75) is 32.3 Å². The van der Waals surface area contributed by atoms with Crippen molar-refractivity contribution < 1.29 is 10.2 Å². The maximum Gasteiger partial charge on any atom is 0.223 e. The van der Waals surface area contributed by atoms with Gasteiger partial charge < -0.3 is 14.8 Å². The predicted molar refractivity (Wildman–Crippen MR) is 118 cm³/mol. The van der Waals surface area contributed by atoms with E-state index in [0.29, 0.717) is 12.1 Å². The molecule has 1 aromatic carbocycles. The second-order valence-electron chi connectivity index (χ2n) is 7.36. The lowest BCUT2D eigenvalue weighted by atomic mass is 9.92. The fourth-order valence-corrected chi connectivity index (χ4v) is 3.69. The van der Waals surface area contributed by atoms with Crippen molar-refractivity contribution in [3.8, 4) is 17.6 Å². The van der Waals surface area contributed by atoms with E-state index in [1.54, 1.807) is 17.7 Å². The third-order valence-corrected chi connectivity index (χ3v) is 5.21. The Kier molecular flexibility index (Phi) is 5.26. The lowest BCUT2D eigenvalue weighted by molar-refractivity contribution is 0.191. The summed E-state index contributed by atoms with van der Waals surface area (Å²) in [4.78, 5) is 16.5. The van der Waals surface area contributed by atoms with Crippen molar-refractivity contribution in [1.29, 1.82) is 0 Å². The Morgan fingerprint density at radius 3 is 2.93 bits per heavy atom. The number of rotatable bonds is 3. The Balaban J connectivity index is 1.93. The summed E-state index contributed by atoms with van der Waals surface area (Å²) in [5, 5.41) is 21.3. The third kappa shape index (κ3) is 3.66. The molecule has 5 nitrogen and oxygen atoms in total. The zero-order valence-electron chi connectivity index (χ0n) is 16.8. The molecule has 0 saturated heterocycles. The topological polar surface area (TPSA) is 75.4 Å². The zero-order valence-corrected chi connectivity index (χ0v) is 16.8. The zero-order chi connectivity index (χ0) is 21.3. The van der Waals surface area contributed by atoms with E-state index >= 15 is 0 Å². The number of hydrogen-bond donors (Lipinski definition) is 2. The smallest absolute Gasteiger partial charge is 0.223 e. The van der Waals surface area contributed by atoms with Gasteiger partial charge in [-0.25, -0.2) is 0 Å². The molecule has 4 rings (SSSR count). The van der Waals surface area contributed by atoms with E-state index in [-0.39, 0.29) is 11.7 Å². The van der Waals surface area contributed by atoms with Crippen LogP contribution in [0.3, 0.4) is 0 Å². The van der Waals surface area contributed by atoms with Crippen LogP contribution in [-0.4, -0.2) is 19.8 Å². The van der Waals surface area contributed by atoms with Crippen molar-refractivity contribution in [3.63, 3.8) is 0 Å². The summed E-state index contributed by atoms with van der Waals surface area (Å²) < 4.78 is 1.65. The summed E-state index contributed by atoms with van der Waals surface area (Å²) in [6.07, 6.45) is 8.62. The summed E-state index contributed by atoms with van der Waals surface area (Å²) in [5.41, 5.74) is 3.67. The largest absolute Gasteiger partial charge is 0.503 e. The number of hydrogen-bond acceptors (Lipinski definition) is 4. The quantitative estimate of drug-likeness (QED) is 0.653. The highest BCUT2D eigenvalue weighted by atomic mass is 16.3. The van der Waals surface area contributed by atoms with Crippen LogP contribution in [0, 0.1) is 18.8 Å². The SMILES string of the molecule is Cc1ccc(C2C#CC/C=C\C(n3cc(O)c(=O)cc3C(C)O)=C/2)c2cccnc12. The number of pyridine rings is 2. The van der Waals surface area contributed by atoms with Crippen molar-refractivity contribution >= 4 is 16.6 Å². The molecule has 2 unspecified atom stereocenters. The Labute approximate surface area is 174 Å². The molecule has 1 aliphatic rings. The van der Waals surface area contributed by atoms with E-state index in [4.69, 9.17) is 0 Å². The number of benzene rings is 1. The minimum atomic E-state index is -0.882. The van der Waals surface area contributed by atoms with Crippen LogP contribution in [0.5, 0.6) is 5.75 Å². The number of aromatic hydroxyl groups is 1. The van der Waals surface area contributed by atoms with Gasteiger partial charge in [0, 0.05) is 29.8 Å². The molecule has 30 heavy (non-hydrogen) atoms. The van der Waals surface area contributed by atoms with Gasteiger partial charge in [0.1, 0.15) is 0 Å². The highest BCUT2D eigenvalue weighted by Gasteiger charge is 2.17. The van der Waals surface area contributed by atoms with Crippen LogP contribution in [0.2, 0.25) is 0 Å². The Morgan fingerprint density at radius 1 is 1.30 bits per heavy atom. The summed E-state index contributed by atoms with van der Waals surface area (Å²) >= 11 is 0. The molecular formula is C25H22N2O3. The van der Waals surface area contributed by atoms with E-state index in [0.717, 1.165) is 27.7 Å². The molecular weight excluding hydrogens is 376 g/mol. The maximum atomic E-state index is 11.9. The molecule has 2 heterocycles. The number of aliphatic hydroxyl groups is 1. The normalized spacial score (nSPS) is 19.7. The average Bonchev–Trinajstić information content (AvgIpc) is 2.71. The van der Waals surface area contributed by atoms with Gasteiger partial charge in [-0.15, -0.1) is 0 Å². The minimum absolute atomic E-state index is 0.222. The molecule has 0 saturated carbocycles. The van der Waals surface area contributed by atoms with Crippen molar-refractivity contribution in [1.82, 2.24) is 9.55 Å². The summed E-state index contributed by atoms with van der Waals surface area (Å²) in [7, 11) is 0. The van der Waals surface area contributed by atoms with Crippen LogP contribution in [0.4, 0.5) is 0 Å². The Morgan fingerprint density at radius 2 is 2.13 bits per heavy atom. The van der Waals surface area contributed by atoms with E-state index in [2.05, 4.69) is 22.9 Å². The van der Waals surface area contributed by atoms with Crippen molar-refractivity contribution in [2.75, 3.05) is 0 Å². The first-order chi connectivity index (χ1) is 14.5. The Hall–Kier alpha value is -3.62. The first-order valence-corrected chi connectivity index (χ1v) is 9.80. The second kappa shape index (κ2) is 8.02. The van der Waals surface area contributed by atoms with Gasteiger partial charge in [-0.3, -0.25) is 9.78 Å². The van der Waals surface area contributed by atoms with Gasteiger partial charge in [0.25, 0.3) is 0 Å². The second-order valence-corrected chi connectivity index (χ2v) is 7.36. The number of allylic oxidation sites excluding steroid dienone is 4. The maximum absolute atomic E-state index is 11.9. The number of aliphatic hydroxyl groups excluding tert-OH is 1. The molecule has 0 fully saturated rings. The lowest BCUT2D eigenvalue weighted by Crippen LogP contribution is -2.14. The molecule has 0 aliphatic heterocycles. The standard InChI is InChI=1S/C25H22N2O3/c1-16-10-11-20(21-9-6-12-26-25(16)21)18-7-4-3-5-8-19(13-18)27-15-24(30)23(29)14-22(27)17(2)28/h5-6,8-15,17-18,28,30H,3H2,1-2H3/b8-5-,19-13+. The van der Waals surface area contributed by atoms with Crippen LogP contribution in [0.25, 0.3) is 16.6 Å². The van der Waals surface area contributed by atoms with Gasteiger partial charge in [-0.2, -0.15) is 0 Å². The third-order valence-electron chi connectivity index (χ3n) is 5.21. The van der Waals surface area contributed by atoms with Gasteiger partial charge >= 0.3 is 0 Å². The summed E-state index contributed by atoms with van der Waals surface area (Å²) in [5.74, 6) is 5.91. The molecule has 1 aliphatic carbocycles. The van der Waals surface area contributed by atoms with Gasteiger partial charge in [0.2, 0.25) is 5.43 Å². The summed E-state index contributed by atoms with van der Waals surface area (Å²) in [6, 6.07) is 9.33. The number of aryl methyl sites for hydroxylation is 1. The fraction of sp³-hybridized carbons (Fsp3) is 0.200. The number of fused-ring (bicyclic) bond motifs is 1. The average molecular weight is 398 g/mol. The fourth-order valence-electron chi connectivity index (χ4n) is 3.69. The van der Waals surface area contributed by atoms with Crippen molar-refractivity contribution in [2.24, 2.45) is 0 Å². The first-order valence-electron chi connectivity index (χ1n) is 9.80.